The molecule has 0 saturated carbocycles. The van der Waals surface area contributed by atoms with Crippen molar-refractivity contribution in [1.29, 1.82) is 0 Å². The predicted molar refractivity (Wildman–Crippen MR) is 82.6 cm³/mol. The first-order valence-corrected chi connectivity index (χ1v) is 13.4. The fraction of sp³-hybridized carbons (Fsp3) is 0. The van der Waals surface area contributed by atoms with Crippen LogP contribution in [0.25, 0.3) is 0 Å². The van der Waals surface area contributed by atoms with Crippen molar-refractivity contribution < 1.29 is 59.7 Å². The first-order chi connectivity index (χ1) is 11.6. The molecular weight excluding hydrogens is 518 g/mol. The standard InChI is InChI=1S/C6H5ClF4S.C6H5F5S.2FH.Zn/c2*7-12(8,9,10,11)6-4-2-1-3-5-6;;;/h2*1-5H;2*1H;/q;;;;+2/p-2. The van der Waals surface area contributed by atoms with Crippen molar-refractivity contribution >= 4 is 30.0 Å². The molecular formula is C12H10ClF11S2Zn. The maximum atomic E-state index is 12.4. The first-order valence-electron chi connectivity index (χ1n) is 6.31. The van der Waals surface area contributed by atoms with Gasteiger partial charge in [-0.25, -0.2) is 0 Å². The molecule has 27 heavy (non-hydrogen) atoms. The third-order valence-corrected chi connectivity index (χ3v) is 5.24. The van der Waals surface area contributed by atoms with Crippen LogP contribution in [0.4, 0.5) is 41.6 Å². The van der Waals surface area contributed by atoms with E-state index in [-0.39, 0.29) is 0 Å². The van der Waals surface area contributed by atoms with Crippen molar-refractivity contribution in [3.8, 4) is 0 Å². The summed E-state index contributed by atoms with van der Waals surface area (Å²) in [4.78, 5) is -3.27. The second-order valence-electron chi connectivity index (χ2n) is 4.67. The Labute approximate surface area is 160 Å². The second-order valence-corrected chi connectivity index (χ2v) is 11.8. The molecule has 0 unspecified atom stereocenters. The van der Waals surface area contributed by atoms with Gasteiger partial charge in [-0.15, -0.1) is 15.5 Å². The minimum absolute atomic E-state index is 0.363. The van der Waals surface area contributed by atoms with Crippen LogP contribution in [0.2, 0.25) is 0 Å². The Morgan fingerprint density at radius 1 is 0.556 bits per heavy atom. The van der Waals surface area contributed by atoms with Gasteiger partial charge in [0.15, 0.2) is 0 Å². The van der Waals surface area contributed by atoms with E-state index in [1.165, 1.54) is 12.1 Å². The van der Waals surface area contributed by atoms with Crippen LogP contribution in [0.5, 0.6) is 0 Å². The van der Waals surface area contributed by atoms with Crippen molar-refractivity contribution in [2.75, 3.05) is 0 Å². The average molecular weight is 528 g/mol. The summed E-state index contributed by atoms with van der Waals surface area (Å²) in [5.74, 6) is 0. The SMILES string of the molecule is FS(F)(F)(F)(Cl)c1ccccc1.FS(F)(F)(F)(F)c1ccccc1.[F][Zn][F]. The van der Waals surface area contributed by atoms with Gasteiger partial charge in [-0.2, -0.15) is 0 Å². The molecule has 0 radical (unpaired) electrons. The molecule has 0 saturated heterocycles. The molecule has 0 amide bonds. The van der Waals surface area contributed by atoms with E-state index in [1.54, 1.807) is 0 Å². The molecule has 0 aliphatic carbocycles. The topological polar surface area (TPSA) is 0 Å². The monoisotopic (exact) mass is 526 g/mol. The summed E-state index contributed by atoms with van der Waals surface area (Å²) in [5, 5.41) is 0. The normalized spacial score (nSPS) is 16.4. The van der Waals surface area contributed by atoms with E-state index >= 15 is 0 Å². The molecule has 15 heteroatoms. The molecule has 0 spiro atoms. The number of halogens is 12. The van der Waals surface area contributed by atoms with Gasteiger partial charge < -0.3 is 0 Å². The van der Waals surface area contributed by atoms with E-state index in [4.69, 9.17) is 0 Å². The quantitative estimate of drug-likeness (QED) is 0.269. The van der Waals surface area contributed by atoms with Crippen LogP contribution in [0.3, 0.4) is 0 Å². The van der Waals surface area contributed by atoms with Crippen LogP contribution < -0.4 is 0 Å². The Morgan fingerprint density at radius 2 is 0.815 bits per heavy atom. The number of hydrogen-bond acceptors (Lipinski definition) is 0. The Morgan fingerprint density at radius 3 is 0.963 bits per heavy atom. The Hall–Kier alpha value is -0.717. The van der Waals surface area contributed by atoms with E-state index in [0.29, 0.717) is 24.3 Å². The molecule has 156 valence electrons. The van der Waals surface area contributed by atoms with Gasteiger partial charge >= 0.3 is 35.0 Å². The van der Waals surface area contributed by atoms with Crippen LogP contribution in [-0.4, -0.2) is 0 Å². The summed E-state index contributed by atoms with van der Waals surface area (Å²) >= 11 is -2.88. The van der Waals surface area contributed by atoms with Crippen molar-refractivity contribution in [1.82, 2.24) is 0 Å². The van der Waals surface area contributed by atoms with Crippen LogP contribution in [0, 0.1) is 0 Å². The van der Waals surface area contributed by atoms with E-state index < -0.39 is 47.2 Å². The van der Waals surface area contributed by atoms with Crippen LogP contribution in [-0.2, 0) is 18.1 Å². The molecule has 0 heterocycles. The molecule has 2 aromatic carbocycles. The summed E-state index contributed by atoms with van der Waals surface area (Å²) in [6, 6.07) is 8.54. The molecule has 0 nitrogen and oxygen atoms in total. The summed E-state index contributed by atoms with van der Waals surface area (Å²) in [7, 11) is -13.9. The number of hydrogen-bond donors (Lipinski definition) is 0. The molecule has 0 atom stereocenters. The van der Waals surface area contributed by atoms with Gasteiger partial charge in [0, 0.05) is 10.7 Å². The molecule has 0 bridgehead atoms. The van der Waals surface area contributed by atoms with Crippen LogP contribution in [0.1, 0.15) is 0 Å². The van der Waals surface area contributed by atoms with Gasteiger partial charge in [0.05, 0.1) is 4.90 Å². The molecule has 2 aromatic rings. The third-order valence-electron chi connectivity index (χ3n) is 2.38. The molecule has 0 aromatic heterocycles. The first kappa shape index (κ1) is 26.3. The van der Waals surface area contributed by atoms with E-state index in [9.17, 15) is 41.6 Å². The second kappa shape index (κ2) is 6.96. The molecule has 0 aliphatic heterocycles. The van der Waals surface area contributed by atoms with Gasteiger partial charge in [-0.1, -0.05) is 55.8 Å². The van der Waals surface area contributed by atoms with Gasteiger partial charge in [-0.3, -0.25) is 0 Å². The van der Waals surface area contributed by atoms with Gasteiger partial charge in [-0.05, 0) is 24.3 Å². The summed E-state index contributed by atoms with van der Waals surface area (Å²) < 4.78 is 129. The number of rotatable bonds is 2. The molecule has 0 N–H and O–H groups in total. The Balaban J connectivity index is 0.000000438. The van der Waals surface area contributed by atoms with Gasteiger partial charge in [0.1, 0.15) is 4.90 Å². The van der Waals surface area contributed by atoms with E-state index in [0.717, 1.165) is 24.3 Å². The fourth-order valence-corrected chi connectivity index (χ4v) is 3.01. The predicted octanol–water partition coefficient (Wildman–Crippen LogP) is 9.80. The van der Waals surface area contributed by atoms with Gasteiger partial charge in [0.25, 0.3) is 9.05 Å². The number of benzene rings is 2. The minimum atomic E-state index is -9.43. The summed E-state index contributed by atoms with van der Waals surface area (Å²) in [6.07, 6.45) is 0. The van der Waals surface area contributed by atoms with Crippen LogP contribution >= 0.6 is 30.0 Å². The van der Waals surface area contributed by atoms with Crippen molar-refractivity contribution in [3.63, 3.8) is 0 Å². The van der Waals surface area contributed by atoms with E-state index in [2.05, 4.69) is 10.7 Å². The Bertz CT molecular complexity index is 666. The van der Waals surface area contributed by atoms with Crippen LogP contribution in [0.15, 0.2) is 70.5 Å². The summed E-state index contributed by atoms with van der Waals surface area (Å²) in [5.41, 5.74) is 0. The average Bonchev–Trinajstić information content (AvgIpc) is 2.46. The zero-order valence-corrected chi connectivity index (χ0v) is 18.2. The maximum absolute atomic E-state index is 12.4. The molecule has 2 rings (SSSR count). The van der Waals surface area contributed by atoms with Gasteiger partial charge in [0.2, 0.25) is 0 Å². The molecule has 0 fully saturated rings. The zero-order valence-electron chi connectivity index (χ0n) is 12.8. The Kier molecular flexibility index (Phi) is 6.78. The van der Waals surface area contributed by atoms with E-state index in [1.807, 2.05) is 0 Å². The van der Waals surface area contributed by atoms with Crippen molar-refractivity contribution in [3.05, 3.63) is 60.7 Å². The molecule has 0 aliphatic rings. The summed E-state index contributed by atoms with van der Waals surface area (Å²) in [6.45, 7) is 0. The zero-order chi connectivity index (χ0) is 21.7. The van der Waals surface area contributed by atoms with Crippen molar-refractivity contribution in [2.24, 2.45) is 0 Å². The fourth-order valence-electron chi connectivity index (χ4n) is 1.36. The third kappa shape index (κ3) is 11.0. The van der Waals surface area contributed by atoms with Crippen molar-refractivity contribution in [2.45, 2.75) is 9.79 Å².